The highest BCUT2D eigenvalue weighted by Gasteiger charge is 2.23. The number of anilines is 1. The fourth-order valence-corrected chi connectivity index (χ4v) is 8.34. The Bertz CT molecular complexity index is 1950. The summed E-state index contributed by atoms with van der Waals surface area (Å²) < 4.78 is 5.78. The van der Waals surface area contributed by atoms with Crippen molar-refractivity contribution < 1.29 is 9.59 Å². The van der Waals surface area contributed by atoms with Gasteiger partial charge in [-0.05, 0) is 67.6 Å². The van der Waals surface area contributed by atoms with Crippen molar-refractivity contribution in [3.05, 3.63) is 78.0 Å². The van der Waals surface area contributed by atoms with E-state index < -0.39 is 0 Å². The summed E-state index contributed by atoms with van der Waals surface area (Å²) in [6.45, 7) is 0. The maximum absolute atomic E-state index is 13.5. The van der Waals surface area contributed by atoms with Gasteiger partial charge in [-0.25, -0.2) is 9.97 Å². The summed E-state index contributed by atoms with van der Waals surface area (Å²) in [4.78, 5) is 35.5. The van der Waals surface area contributed by atoms with Gasteiger partial charge in [-0.3, -0.25) is 14.2 Å². The Morgan fingerprint density at radius 1 is 0.902 bits per heavy atom. The van der Waals surface area contributed by atoms with Gasteiger partial charge in [0.25, 0.3) is 0 Å². The zero-order valence-corrected chi connectivity index (χ0v) is 24.9. The predicted molar refractivity (Wildman–Crippen MR) is 170 cm³/mol. The van der Waals surface area contributed by atoms with Gasteiger partial charge < -0.3 is 9.88 Å². The second-order valence-corrected chi connectivity index (χ2v) is 13.3. The Hall–Kier alpha value is -3.60. The summed E-state index contributed by atoms with van der Waals surface area (Å²) in [7, 11) is 1.96. The average molecular weight is 598 g/mol. The van der Waals surface area contributed by atoms with Crippen LogP contribution in [0.25, 0.3) is 32.2 Å². The summed E-state index contributed by atoms with van der Waals surface area (Å²) in [6.07, 6.45) is 4.30. The molecule has 0 fully saturated rings. The minimum absolute atomic E-state index is 0.0894. The van der Waals surface area contributed by atoms with Crippen molar-refractivity contribution in [3.8, 4) is 0 Å². The van der Waals surface area contributed by atoms with E-state index in [-0.39, 0.29) is 17.6 Å². The van der Waals surface area contributed by atoms with E-state index >= 15 is 0 Å². The van der Waals surface area contributed by atoms with Crippen LogP contribution in [0.15, 0.2) is 76.2 Å². The topological polar surface area (TPSA) is 81.8 Å². The molecule has 1 aliphatic carbocycles. The molecule has 0 saturated heterocycles. The zero-order chi connectivity index (χ0) is 27.9. The average Bonchev–Trinajstić information content (AvgIpc) is 3.66. The highest BCUT2D eigenvalue weighted by Crippen LogP contribution is 2.35. The summed E-state index contributed by atoms with van der Waals surface area (Å²) >= 11 is 4.44. The van der Waals surface area contributed by atoms with Crippen LogP contribution in [0.2, 0.25) is 0 Å². The molecular formula is C31H27N5O2S3. The van der Waals surface area contributed by atoms with Crippen molar-refractivity contribution in [1.82, 2.24) is 19.1 Å². The van der Waals surface area contributed by atoms with Crippen LogP contribution in [-0.2, 0) is 24.7 Å². The number of nitrogens with one attached hydrogen (secondary N) is 1. The lowest BCUT2D eigenvalue weighted by Gasteiger charge is -2.14. The smallest absolute Gasteiger partial charge is 0.241 e. The molecule has 3 aromatic heterocycles. The van der Waals surface area contributed by atoms with Crippen LogP contribution in [0.5, 0.6) is 0 Å². The second kappa shape index (κ2) is 11.0. The van der Waals surface area contributed by atoms with Crippen molar-refractivity contribution in [2.75, 3.05) is 16.8 Å². The molecule has 0 unspecified atom stereocenters. The molecule has 10 heteroatoms. The lowest BCUT2D eigenvalue weighted by atomic mass is 9.96. The third kappa shape index (κ3) is 5.05. The normalized spacial score (nSPS) is 13.2. The molecule has 3 aromatic carbocycles. The van der Waals surface area contributed by atoms with Gasteiger partial charge in [0, 0.05) is 23.8 Å². The first-order valence-electron chi connectivity index (χ1n) is 13.6. The summed E-state index contributed by atoms with van der Waals surface area (Å²) in [5.41, 5.74) is 7.10. The van der Waals surface area contributed by atoms with E-state index in [4.69, 9.17) is 4.98 Å². The van der Waals surface area contributed by atoms with Crippen LogP contribution in [0.4, 0.5) is 5.69 Å². The summed E-state index contributed by atoms with van der Waals surface area (Å²) in [6, 6.07) is 21.9. The van der Waals surface area contributed by atoms with Gasteiger partial charge >= 0.3 is 0 Å². The van der Waals surface area contributed by atoms with Crippen LogP contribution in [0.3, 0.4) is 0 Å². The van der Waals surface area contributed by atoms with E-state index in [1.807, 2.05) is 64.7 Å². The lowest BCUT2D eigenvalue weighted by Crippen LogP contribution is -2.18. The van der Waals surface area contributed by atoms with Crippen molar-refractivity contribution >= 4 is 84.5 Å². The third-order valence-electron chi connectivity index (χ3n) is 7.48. The van der Waals surface area contributed by atoms with Crippen molar-refractivity contribution in [2.24, 2.45) is 7.05 Å². The van der Waals surface area contributed by atoms with E-state index in [9.17, 15) is 9.59 Å². The van der Waals surface area contributed by atoms with E-state index in [0.29, 0.717) is 5.75 Å². The maximum Gasteiger partial charge on any atom is 0.241 e. The monoisotopic (exact) mass is 597 g/mol. The van der Waals surface area contributed by atoms with Crippen LogP contribution >= 0.6 is 34.9 Å². The SMILES string of the molecule is Cn1c(SCC(=O)Nc2ccc3nc(SCC(=O)n4c5c(c6ccccc64)CCCC5)sc3c2)nc2ccccc21. The van der Waals surface area contributed by atoms with Crippen LogP contribution in [0, 0.1) is 0 Å². The molecule has 0 bridgehead atoms. The number of para-hydroxylation sites is 3. The van der Waals surface area contributed by atoms with Crippen LogP contribution < -0.4 is 5.32 Å². The number of hydrogen-bond acceptors (Lipinski definition) is 7. The van der Waals surface area contributed by atoms with Crippen LogP contribution in [-0.4, -0.2) is 42.4 Å². The number of hydrogen-bond donors (Lipinski definition) is 1. The van der Waals surface area contributed by atoms with Crippen LogP contribution in [0.1, 0.15) is 28.9 Å². The van der Waals surface area contributed by atoms with E-state index in [2.05, 4.69) is 28.5 Å². The Labute approximate surface area is 249 Å². The summed E-state index contributed by atoms with van der Waals surface area (Å²) in [5.74, 6) is 0.598. The van der Waals surface area contributed by atoms with Crippen molar-refractivity contribution in [1.29, 1.82) is 0 Å². The predicted octanol–water partition coefficient (Wildman–Crippen LogP) is 7.18. The second-order valence-electron chi connectivity index (χ2n) is 10.1. The number of nitrogens with zero attached hydrogens (tertiary/aromatic N) is 4. The van der Waals surface area contributed by atoms with Crippen molar-refractivity contribution in [3.63, 3.8) is 0 Å². The van der Waals surface area contributed by atoms with Gasteiger partial charge in [0.05, 0.1) is 38.3 Å². The Balaban J connectivity index is 1.01. The molecule has 1 amide bonds. The molecule has 0 radical (unpaired) electrons. The number of rotatable bonds is 7. The number of thioether (sulfide) groups is 2. The largest absolute Gasteiger partial charge is 0.325 e. The molecular weight excluding hydrogens is 571 g/mol. The number of aryl methyl sites for hydroxylation is 2. The number of benzene rings is 3. The number of carbonyl (C=O) groups is 2. The quantitative estimate of drug-likeness (QED) is 0.196. The number of fused-ring (bicyclic) bond motifs is 5. The molecule has 41 heavy (non-hydrogen) atoms. The molecule has 0 saturated carbocycles. The number of aromatic nitrogens is 4. The fraction of sp³-hybridized carbons (Fsp3) is 0.226. The molecule has 0 aliphatic heterocycles. The van der Waals surface area contributed by atoms with Gasteiger partial charge in [0.2, 0.25) is 11.8 Å². The molecule has 0 atom stereocenters. The maximum atomic E-state index is 13.5. The number of carbonyl (C=O) groups excluding carboxylic acids is 2. The van der Waals surface area contributed by atoms with Gasteiger partial charge in [-0.1, -0.05) is 53.9 Å². The van der Waals surface area contributed by atoms with E-state index in [0.717, 1.165) is 61.2 Å². The molecule has 206 valence electrons. The number of amides is 1. The van der Waals surface area contributed by atoms with E-state index in [1.165, 1.54) is 46.6 Å². The highest BCUT2D eigenvalue weighted by atomic mass is 32.2. The lowest BCUT2D eigenvalue weighted by molar-refractivity contribution is -0.113. The number of thiazole rings is 1. The van der Waals surface area contributed by atoms with Gasteiger partial charge in [-0.2, -0.15) is 0 Å². The molecule has 3 heterocycles. The first kappa shape index (κ1) is 26.3. The highest BCUT2D eigenvalue weighted by molar-refractivity contribution is 8.01. The Morgan fingerprint density at radius 2 is 1.71 bits per heavy atom. The minimum Gasteiger partial charge on any atom is -0.325 e. The van der Waals surface area contributed by atoms with Crippen molar-refractivity contribution in [2.45, 2.75) is 35.2 Å². The molecule has 7 nitrogen and oxygen atoms in total. The standard InChI is InChI=1S/C31H27N5O2S3/c1-35-26-13-7-4-10-22(26)33-30(35)39-17-28(37)32-19-14-15-23-27(16-19)41-31(34-23)40-18-29(38)36-24-11-5-2-8-20(24)21-9-3-6-12-25(21)36/h2,4-5,7-8,10-11,13-16H,3,6,9,12,17-18H2,1H3,(H,32,37). The molecule has 6 aromatic rings. The first-order valence-corrected chi connectivity index (χ1v) is 16.4. The third-order valence-corrected chi connectivity index (χ3v) is 10.7. The fourth-order valence-electron chi connectivity index (χ4n) is 5.59. The number of imidazole rings is 1. The summed E-state index contributed by atoms with van der Waals surface area (Å²) in [5, 5.41) is 5.02. The molecule has 1 aliphatic rings. The Morgan fingerprint density at radius 3 is 2.59 bits per heavy atom. The van der Waals surface area contributed by atoms with Gasteiger partial charge in [-0.15, -0.1) is 11.3 Å². The molecule has 7 rings (SSSR count). The molecule has 0 spiro atoms. The zero-order valence-electron chi connectivity index (χ0n) is 22.4. The Kier molecular flexibility index (Phi) is 7.06. The minimum atomic E-state index is -0.0894. The van der Waals surface area contributed by atoms with Gasteiger partial charge in [0.1, 0.15) is 0 Å². The van der Waals surface area contributed by atoms with E-state index in [1.54, 1.807) is 11.3 Å². The van der Waals surface area contributed by atoms with Gasteiger partial charge in [0.15, 0.2) is 9.50 Å². The molecule has 1 N–H and O–H groups in total. The first-order chi connectivity index (χ1) is 20.0.